The van der Waals surface area contributed by atoms with Gasteiger partial charge in [-0.3, -0.25) is 14.6 Å². The predicted octanol–water partition coefficient (Wildman–Crippen LogP) is 1.68. The number of likely N-dealkylation sites (N-methyl/N-ethyl adjacent to an activating group) is 1. The number of rotatable bonds is 6. The number of carbonyl (C=O) groups is 2. The normalized spacial score (nSPS) is 11.8. The summed E-state index contributed by atoms with van der Waals surface area (Å²) >= 11 is 0. The molecule has 2 rings (SSSR count). The van der Waals surface area contributed by atoms with E-state index in [4.69, 9.17) is 5.73 Å². The van der Waals surface area contributed by atoms with Crippen LogP contribution in [0.15, 0.2) is 42.6 Å². The third kappa shape index (κ3) is 4.17. The van der Waals surface area contributed by atoms with Gasteiger partial charge in [0.25, 0.3) is 5.91 Å². The zero-order chi connectivity index (χ0) is 17.7. The molecule has 1 aromatic heterocycles. The second-order valence-corrected chi connectivity index (χ2v) is 5.57. The average molecular weight is 327 g/mol. The summed E-state index contributed by atoms with van der Waals surface area (Å²) in [6, 6.07) is 10.5. The van der Waals surface area contributed by atoms with Crippen molar-refractivity contribution in [1.29, 1.82) is 0 Å². The number of benzene rings is 1. The number of primary amides is 1. The van der Waals surface area contributed by atoms with Crippen LogP contribution in [0.2, 0.25) is 0 Å². The molecule has 1 aromatic carbocycles. The first-order valence-electron chi connectivity index (χ1n) is 7.72. The first-order chi connectivity index (χ1) is 11.4. The van der Waals surface area contributed by atoms with Gasteiger partial charge in [0.2, 0.25) is 5.91 Å². The molecule has 1 atom stereocenters. The fourth-order valence-corrected chi connectivity index (χ4v) is 2.29. The highest BCUT2D eigenvalue weighted by Gasteiger charge is 2.20. The molecule has 6 nitrogen and oxygen atoms in total. The van der Waals surface area contributed by atoms with E-state index in [2.05, 4.69) is 4.98 Å². The summed E-state index contributed by atoms with van der Waals surface area (Å²) in [6.07, 6.45) is 0.499. The van der Waals surface area contributed by atoms with Crippen LogP contribution in [0.4, 0.5) is 0 Å². The van der Waals surface area contributed by atoms with Gasteiger partial charge in [-0.15, -0.1) is 0 Å². The lowest BCUT2D eigenvalue weighted by atomic mass is 10.1. The van der Waals surface area contributed by atoms with Gasteiger partial charge >= 0.3 is 0 Å². The van der Waals surface area contributed by atoms with Crippen LogP contribution in [0.1, 0.15) is 45.0 Å². The largest absolute Gasteiger partial charge is 0.387 e. The van der Waals surface area contributed by atoms with E-state index in [-0.39, 0.29) is 23.7 Å². The van der Waals surface area contributed by atoms with Crippen LogP contribution in [0.25, 0.3) is 0 Å². The van der Waals surface area contributed by atoms with E-state index in [9.17, 15) is 14.7 Å². The molecule has 0 saturated heterocycles. The molecule has 0 radical (unpaired) electrons. The summed E-state index contributed by atoms with van der Waals surface area (Å²) in [5, 5.41) is 10.4. The number of carbonyl (C=O) groups excluding carboxylic acids is 2. The Morgan fingerprint density at radius 2 is 1.88 bits per heavy atom. The van der Waals surface area contributed by atoms with Gasteiger partial charge in [-0.05, 0) is 31.5 Å². The molecule has 0 aliphatic carbocycles. The van der Waals surface area contributed by atoms with Crippen molar-refractivity contribution in [2.75, 3.05) is 13.1 Å². The number of amides is 2. The number of nitrogens with two attached hydrogens (primary N) is 1. The Morgan fingerprint density at radius 3 is 2.38 bits per heavy atom. The average Bonchev–Trinajstić information content (AvgIpc) is 2.59. The molecule has 0 spiro atoms. The topological polar surface area (TPSA) is 96.5 Å². The second-order valence-electron chi connectivity index (χ2n) is 5.57. The van der Waals surface area contributed by atoms with Crippen molar-refractivity contribution in [3.8, 4) is 0 Å². The fraction of sp³-hybridized carbons (Fsp3) is 0.278. The summed E-state index contributed by atoms with van der Waals surface area (Å²) in [5.74, 6) is -0.900. The molecule has 2 aromatic rings. The van der Waals surface area contributed by atoms with E-state index in [0.29, 0.717) is 6.54 Å². The van der Waals surface area contributed by atoms with E-state index in [1.165, 1.54) is 23.2 Å². The predicted molar refractivity (Wildman–Crippen MR) is 90.5 cm³/mol. The molecular weight excluding hydrogens is 306 g/mol. The maximum atomic E-state index is 12.5. The van der Waals surface area contributed by atoms with Crippen molar-refractivity contribution in [2.24, 2.45) is 5.73 Å². The van der Waals surface area contributed by atoms with E-state index >= 15 is 0 Å². The van der Waals surface area contributed by atoms with E-state index in [0.717, 1.165) is 11.1 Å². The summed E-state index contributed by atoms with van der Waals surface area (Å²) in [7, 11) is 0. The minimum atomic E-state index is -0.778. The molecule has 0 saturated carbocycles. The third-order valence-corrected chi connectivity index (χ3v) is 3.79. The number of hydrogen-bond donors (Lipinski definition) is 2. The highest BCUT2D eigenvalue weighted by Crippen LogP contribution is 2.16. The maximum Gasteiger partial charge on any atom is 0.272 e. The number of aliphatic hydroxyl groups excluding tert-OH is 1. The zero-order valence-corrected chi connectivity index (χ0v) is 13.8. The van der Waals surface area contributed by atoms with Crippen molar-refractivity contribution >= 4 is 11.8 Å². The number of aromatic nitrogens is 1. The minimum Gasteiger partial charge on any atom is -0.387 e. The van der Waals surface area contributed by atoms with Crippen molar-refractivity contribution in [2.45, 2.75) is 20.0 Å². The Bertz CT molecular complexity index is 711. The lowest BCUT2D eigenvalue weighted by Crippen LogP contribution is -2.35. The molecule has 0 bridgehead atoms. The highest BCUT2D eigenvalue weighted by atomic mass is 16.3. The fourth-order valence-electron chi connectivity index (χ4n) is 2.29. The third-order valence-electron chi connectivity index (χ3n) is 3.79. The Kier molecular flexibility index (Phi) is 5.65. The van der Waals surface area contributed by atoms with Crippen LogP contribution in [-0.4, -0.2) is 39.9 Å². The van der Waals surface area contributed by atoms with Gasteiger partial charge in [-0.25, -0.2) is 0 Å². The van der Waals surface area contributed by atoms with Gasteiger partial charge in [-0.1, -0.05) is 29.8 Å². The van der Waals surface area contributed by atoms with Gasteiger partial charge in [0, 0.05) is 12.7 Å². The van der Waals surface area contributed by atoms with Crippen LogP contribution in [0.3, 0.4) is 0 Å². The van der Waals surface area contributed by atoms with Gasteiger partial charge < -0.3 is 15.7 Å². The summed E-state index contributed by atoms with van der Waals surface area (Å²) in [4.78, 5) is 29.1. The first-order valence-corrected chi connectivity index (χ1v) is 7.72. The van der Waals surface area contributed by atoms with Crippen molar-refractivity contribution in [3.63, 3.8) is 0 Å². The lowest BCUT2D eigenvalue weighted by Gasteiger charge is -2.24. The van der Waals surface area contributed by atoms with Crippen molar-refractivity contribution in [3.05, 3.63) is 65.0 Å². The number of nitrogens with zero attached hydrogens (tertiary/aromatic N) is 2. The highest BCUT2D eigenvalue weighted by molar-refractivity contribution is 5.95. The summed E-state index contributed by atoms with van der Waals surface area (Å²) in [5.41, 5.74) is 7.47. The van der Waals surface area contributed by atoms with E-state index < -0.39 is 12.0 Å². The number of aliphatic hydroxyl groups is 1. The number of pyridine rings is 1. The Balaban J connectivity index is 2.10. The Labute approximate surface area is 140 Å². The lowest BCUT2D eigenvalue weighted by molar-refractivity contribution is 0.0629. The maximum absolute atomic E-state index is 12.5. The Hall–Kier alpha value is -2.73. The van der Waals surface area contributed by atoms with Gasteiger partial charge in [0.1, 0.15) is 5.69 Å². The zero-order valence-electron chi connectivity index (χ0n) is 13.8. The molecule has 0 unspecified atom stereocenters. The molecular formula is C18H21N3O3. The SMILES string of the molecule is CCN(C[C@H](O)c1ccc(C)cc1)C(=O)c1ccc(C(N)=O)cn1. The molecule has 3 N–H and O–H groups in total. The van der Waals surface area contributed by atoms with Gasteiger partial charge in [0.05, 0.1) is 18.2 Å². The molecule has 0 fully saturated rings. The van der Waals surface area contributed by atoms with Crippen LogP contribution >= 0.6 is 0 Å². The molecule has 6 heteroatoms. The molecule has 24 heavy (non-hydrogen) atoms. The second kappa shape index (κ2) is 7.70. The number of hydrogen-bond acceptors (Lipinski definition) is 4. The van der Waals surface area contributed by atoms with E-state index in [1.807, 2.05) is 38.1 Å². The molecule has 1 heterocycles. The Morgan fingerprint density at radius 1 is 1.21 bits per heavy atom. The monoisotopic (exact) mass is 327 g/mol. The van der Waals surface area contributed by atoms with Crippen LogP contribution in [-0.2, 0) is 0 Å². The van der Waals surface area contributed by atoms with Crippen LogP contribution in [0.5, 0.6) is 0 Å². The first kappa shape index (κ1) is 17.6. The molecule has 0 aliphatic heterocycles. The quantitative estimate of drug-likeness (QED) is 0.843. The molecule has 0 aliphatic rings. The number of aryl methyl sites for hydroxylation is 1. The van der Waals surface area contributed by atoms with Crippen molar-refractivity contribution in [1.82, 2.24) is 9.88 Å². The van der Waals surface area contributed by atoms with Crippen LogP contribution < -0.4 is 5.73 Å². The minimum absolute atomic E-state index is 0.164. The van der Waals surface area contributed by atoms with E-state index in [1.54, 1.807) is 0 Å². The van der Waals surface area contributed by atoms with Gasteiger partial charge in [0.15, 0.2) is 0 Å². The van der Waals surface area contributed by atoms with Crippen molar-refractivity contribution < 1.29 is 14.7 Å². The standard InChI is InChI=1S/C18H21N3O3/c1-3-21(11-16(22)13-6-4-12(2)5-7-13)18(24)15-9-8-14(10-20-15)17(19)23/h4-10,16,22H,3,11H2,1-2H3,(H2,19,23)/t16-/m0/s1. The summed E-state index contributed by atoms with van der Waals surface area (Å²) < 4.78 is 0. The molecule has 126 valence electrons. The van der Waals surface area contributed by atoms with Gasteiger partial charge in [-0.2, -0.15) is 0 Å². The smallest absolute Gasteiger partial charge is 0.272 e. The molecule has 2 amide bonds. The van der Waals surface area contributed by atoms with Crippen LogP contribution in [0, 0.1) is 6.92 Å². The summed E-state index contributed by atoms with van der Waals surface area (Å²) in [6.45, 7) is 4.40.